The summed E-state index contributed by atoms with van der Waals surface area (Å²) in [7, 11) is 0. The fourth-order valence-corrected chi connectivity index (χ4v) is 3.72. The van der Waals surface area contributed by atoms with Crippen molar-refractivity contribution in [3.05, 3.63) is 17.6 Å². The van der Waals surface area contributed by atoms with Gasteiger partial charge in [0.15, 0.2) is 0 Å². The molecule has 1 amide bonds. The lowest BCUT2D eigenvalue weighted by Crippen LogP contribution is -2.37. The van der Waals surface area contributed by atoms with Gasteiger partial charge >= 0.3 is 0 Å². The number of nitrogens with one attached hydrogen (secondary N) is 1. The molecule has 0 radical (unpaired) electrons. The molecule has 6 heteroatoms. The Morgan fingerprint density at radius 1 is 1.24 bits per heavy atom. The van der Waals surface area contributed by atoms with Crippen LogP contribution in [0, 0.1) is 12.8 Å². The van der Waals surface area contributed by atoms with Gasteiger partial charge < -0.3 is 15.0 Å². The van der Waals surface area contributed by atoms with Crippen LogP contribution in [-0.4, -0.2) is 42.2 Å². The number of aromatic nitrogens is 2. The van der Waals surface area contributed by atoms with Gasteiger partial charge in [0, 0.05) is 31.3 Å². The highest BCUT2D eigenvalue weighted by molar-refractivity contribution is 5.75. The second-order valence-electron chi connectivity index (χ2n) is 7.20. The largest absolute Gasteiger partial charge is 0.378 e. The van der Waals surface area contributed by atoms with Gasteiger partial charge in [0.2, 0.25) is 5.91 Å². The smallest absolute Gasteiger partial charge is 0.220 e. The number of carbonyl (C=O) groups excluding carboxylic acids is 1. The standard InChI is InChI=1S/C19H30N4O2/c1-15-13-18(23-9-11-25-12-10-23)22-17(21-15)14-20-19(24)8-7-16-5-3-2-4-6-16/h13,16H,2-12,14H2,1H3,(H,20,24). The molecular formula is C19H30N4O2. The molecule has 2 aliphatic rings. The zero-order valence-corrected chi connectivity index (χ0v) is 15.3. The summed E-state index contributed by atoms with van der Waals surface area (Å²) in [6.07, 6.45) is 8.22. The molecule has 1 saturated heterocycles. The van der Waals surface area contributed by atoms with Crippen LogP contribution in [0.3, 0.4) is 0 Å². The van der Waals surface area contributed by atoms with E-state index in [1.807, 2.05) is 13.0 Å². The van der Waals surface area contributed by atoms with E-state index < -0.39 is 0 Å². The topological polar surface area (TPSA) is 67.3 Å². The van der Waals surface area contributed by atoms with Gasteiger partial charge in [-0.05, 0) is 19.3 Å². The van der Waals surface area contributed by atoms with E-state index >= 15 is 0 Å². The van der Waals surface area contributed by atoms with Crippen LogP contribution in [0.1, 0.15) is 56.5 Å². The Morgan fingerprint density at radius 3 is 2.76 bits per heavy atom. The molecule has 25 heavy (non-hydrogen) atoms. The average molecular weight is 346 g/mol. The van der Waals surface area contributed by atoms with Crippen molar-refractivity contribution in [3.8, 4) is 0 Å². The first-order valence-corrected chi connectivity index (χ1v) is 9.64. The average Bonchev–Trinajstić information content (AvgIpc) is 2.66. The van der Waals surface area contributed by atoms with Gasteiger partial charge in [-0.25, -0.2) is 9.97 Å². The number of nitrogens with zero attached hydrogens (tertiary/aromatic N) is 3. The van der Waals surface area contributed by atoms with Gasteiger partial charge in [-0.15, -0.1) is 0 Å². The number of hydrogen-bond donors (Lipinski definition) is 1. The lowest BCUT2D eigenvalue weighted by atomic mass is 9.86. The fraction of sp³-hybridized carbons (Fsp3) is 0.737. The van der Waals surface area contributed by atoms with Crippen LogP contribution >= 0.6 is 0 Å². The minimum atomic E-state index is 0.114. The predicted octanol–water partition coefficient (Wildman–Crippen LogP) is 2.60. The zero-order chi connectivity index (χ0) is 17.5. The normalized spacial score (nSPS) is 19.0. The highest BCUT2D eigenvalue weighted by Gasteiger charge is 2.16. The van der Waals surface area contributed by atoms with E-state index in [0.29, 0.717) is 18.8 Å². The molecule has 2 fully saturated rings. The van der Waals surface area contributed by atoms with Crippen molar-refractivity contribution < 1.29 is 9.53 Å². The molecule has 6 nitrogen and oxygen atoms in total. The molecule has 0 aromatic carbocycles. The first kappa shape index (κ1) is 18.1. The van der Waals surface area contributed by atoms with Crippen molar-refractivity contribution in [2.45, 2.75) is 58.4 Å². The highest BCUT2D eigenvalue weighted by atomic mass is 16.5. The van der Waals surface area contributed by atoms with Crippen molar-refractivity contribution in [1.29, 1.82) is 0 Å². The van der Waals surface area contributed by atoms with Crippen LogP contribution in [-0.2, 0) is 16.1 Å². The lowest BCUT2D eigenvalue weighted by Gasteiger charge is -2.28. The number of carbonyl (C=O) groups is 1. The third-order valence-corrected chi connectivity index (χ3v) is 5.17. The molecule has 3 rings (SSSR count). The summed E-state index contributed by atoms with van der Waals surface area (Å²) < 4.78 is 5.40. The van der Waals surface area contributed by atoms with Crippen molar-refractivity contribution in [1.82, 2.24) is 15.3 Å². The number of morpholine rings is 1. The Morgan fingerprint density at radius 2 is 2.00 bits per heavy atom. The number of rotatable bonds is 6. The van der Waals surface area contributed by atoms with Gasteiger partial charge in [0.25, 0.3) is 0 Å². The summed E-state index contributed by atoms with van der Waals surface area (Å²) in [5.41, 5.74) is 0.933. The Bertz CT molecular complexity index is 567. The zero-order valence-electron chi connectivity index (χ0n) is 15.3. The lowest BCUT2D eigenvalue weighted by molar-refractivity contribution is -0.121. The van der Waals surface area contributed by atoms with Crippen LogP contribution in [0.5, 0.6) is 0 Å². The van der Waals surface area contributed by atoms with E-state index in [1.54, 1.807) is 0 Å². The summed E-state index contributed by atoms with van der Waals surface area (Å²) in [6, 6.07) is 2.00. The molecule has 0 unspecified atom stereocenters. The third kappa shape index (κ3) is 5.66. The molecule has 1 aliphatic carbocycles. The van der Waals surface area contributed by atoms with Crippen LogP contribution in [0.4, 0.5) is 5.82 Å². The summed E-state index contributed by atoms with van der Waals surface area (Å²) in [6.45, 7) is 5.54. The molecule has 1 aromatic rings. The van der Waals surface area contributed by atoms with Gasteiger partial charge in [-0.1, -0.05) is 32.1 Å². The number of hydrogen-bond acceptors (Lipinski definition) is 5. The summed E-state index contributed by atoms with van der Waals surface area (Å²) >= 11 is 0. The molecule has 2 heterocycles. The van der Waals surface area contributed by atoms with Gasteiger partial charge in [-0.2, -0.15) is 0 Å². The molecule has 0 bridgehead atoms. The fourth-order valence-electron chi connectivity index (χ4n) is 3.72. The number of ether oxygens (including phenoxy) is 1. The van der Waals surface area contributed by atoms with Crippen LogP contribution < -0.4 is 10.2 Å². The second kappa shape index (κ2) is 9.13. The maximum Gasteiger partial charge on any atom is 0.220 e. The van der Waals surface area contributed by atoms with Gasteiger partial charge in [0.05, 0.1) is 19.8 Å². The van der Waals surface area contributed by atoms with Gasteiger partial charge in [0.1, 0.15) is 11.6 Å². The van der Waals surface area contributed by atoms with E-state index in [1.165, 1.54) is 32.1 Å². The Balaban J connectivity index is 1.48. The Kier molecular flexibility index (Phi) is 6.62. The SMILES string of the molecule is Cc1cc(N2CCOCC2)nc(CNC(=O)CCC2CCCCC2)n1. The van der Waals surface area contributed by atoms with Crippen molar-refractivity contribution in [3.63, 3.8) is 0 Å². The minimum Gasteiger partial charge on any atom is -0.378 e. The molecule has 1 aliphatic heterocycles. The monoisotopic (exact) mass is 346 g/mol. The first-order chi connectivity index (χ1) is 12.2. The molecule has 1 aromatic heterocycles. The molecule has 0 atom stereocenters. The van der Waals surface area contributed by atoms with E-state index in [-0.39, 0.29) is 5.91 Å². The maximum absolute atomic E-state index is 12.1. The molecule has 0 spiro atoms. The van der Waals surface area contributed by atoms with Crippen LogP contribution in [0.25, 0.3) is 0 Å². The number of amides is 1. The van der Waals surface area contributed by atoms with Crippen molar-refractivity contribution in [2.24, 2.45) is 5.92 Å². The van der Waals surface area contributed by atoms with Gasteiger partial charge in [-0.3, -0.25) is 4.79 Å². The predicted molar refractivity (Wildman–Crippen MR) is 97.5 cm³/mol. The highest BCUT2D eigenvalue weighted by Crippen LogP contribution is 2.27. The number of anilines is 1. The van der Waals surface area contributed by atoms with E-state index in [4.69, 9.17) is 4.74 Å². The van der Waals surface area contributed by atoms with Crippen LogP contribution in [0.15, 0.2) is 6.07 Å². The quantitative estimate of drug-likeness (QED) is 0.857. The van der Waals surface area contributed by atoms with E-state index in [9.17, 15) is 4.79 Å². The molecule has 1 saturated carbocycles. The molecule has 1 N–H and O–H groups in total. The first-order valence-electron chi connectivity index (χ1n) is 9.64. The maximum atomic E-state index is 12.1. The van der Waals surface area contributed by atoms with Crippen molar-refractivity contribution in [2.75, 3.05) is 31.2 Å². The third-order valence-electron chi connectivity index (χ3n) is 5.17. The molecule has 138 valence electrons. The van der Waals surface area contributed by atoms with Crippen molar-refractivity contribution >= 4 is 11.7 Å². The Hall–Kier alpha value is -1.69. The van der Waals surface area contributed by atoms with E-state index in [0.717, 1.165) is 50.2 Å². The molecular weight excluding hydrogens is 316 g/mol. The summed E-state index contributed by atoms with van der Waals surface area (Å²) in [4.78, 5) is 23.4. The van der Waals surface area contributed by atoms with Crippen LogP contribution in [0.2, 0.25) is 0 Å². The van der Waals surface area contributed by atoms with E-state index in [2.05, 4.69) is 20.2 Å². The summed E-state index contributed by atoms with van der Waals surface area (Å²) in [5.74, 6) is 2.47. The minimum absolute atomic E-state index is 0.114. The summed E-state index contributed by atoms with van der Waals surface area (Å²) in [5, 5.41) is 2.99. The second-order valence-corrected chi connectivity index (χ2v) is 7.20. The Labute approximate surface area is 150 Å². The number of aryl methyl sites for hydroxylation is 1.